The Morgan fingerprint density at radius 3 is 2.52 bits per heavy atom. The number of amides is 2. The summed E-state index contributed by atoms with van der Waals surface area (Å²) in [6, 6.07) is 14.2. The number of nitrogens with one attached hydrogen (secondary N) is 1. The molecule has 2 saturated heterocycles. The van der Waals surface area contributed by atoms with E-state index in [1.54, 1.807) is 25.3 Å². The van der Waals surface area contributed by atoms with Gasteiger partial charge in [0, 0.05) is 44.3 Å². The third kappa shape index (κ3) is 5.83. The maximum absolute atomic E-state index is 13.8. The van der Waals surface area contributed by atoms with E-state index < -0.39 is 5.54 Å². The summed E-state index contributed by atoms with van der Waals surface area (Å²) < 4.78 is 24.9. The Morgan fingerprint density at radius 2 is 1.88 bits per heavy atom. The minimum Gasteiger partial charge on any atom is -0.497 e. The molecule has 2 aromatic carbocycles. The highest BCUT2D eigenvalue weighted by Crippen LogP contribution is 2.31. The van der Waals surface area contributed by atoms with E-state index in [9.17, 15) is 14.0 Å². The van der Waals surface area contributed by atoms with Crippen LogP contribution in [0, 0.1) is 5.82 Å². The van der Waals surface area contributed by atoms with Gasteiger partial charge in [-0.15, -0.1) is 0 Å². The number of likely N-dealkylation sites (tertiary alicyclic amines) is 1. The van der Waals surface area contributed by atoms with Gasteiger partial charge in [-0.1, -0.05) is 24.3 Å². The molecule has 0 radical (unpaired) electrons. The third-order valence-corrected chi connectivity index (χ3v) is 6.68. The Balaban J connectivity index is 1.30. The first-order valence-electron chi connectivity index (χ1n) is 11.6. The molecular formula is C26H31FN2O4. The van der Waals surface area contributed by atoms with Crippen LogP contribution in [0.25, 0.3) is 0 Å². The predicted molar refractivity (Wildman–Crippen MR) is 123 cm³/mol. The summed E-state index contributed by atoms with van der Waals surface area (Å²) in [6.45, 7) is 1.19. The van der Waals surface area contributed by atoms with Crippen LogP contribution in [0.15, 0.2) is 48.5 Å². The van der Waals surface area contributed by atoms with E-state index in [0.717, 1.165) is 17.7 Å². The van der Waals surface area contributed by atoms with Crippen molar-refractivity contribution in [3.8, 4) is 11.5 Å². The molecule has 1 unspecified atom stereocenters. The number of ether oxygens (including phenoxy) is 2. The lowest BCUT2D eigenvalue weighted by Gasteiger charge is -2.34. The van der Waals surface area contributed by atoms with Gasteiger partial charge in [0.15, 0.2) is 11.6 Å². The minimum absolute atomic E-state index is 0.0436. The van der Waals surface area contributed by atoms with Crippen molar-refractivity contribution >= 4 is 11.8 Å². The quantitative estimate of drug-likeness (QED) is 0.658. The summed E-state index contributed by atoms with van der Waals surface area (Å²) in [4.78, 5) is 26.8. The van der Waals surface area contributed by atoms with Gasteiger partial charge >= 0.3 is 0 Å². The van der Waals surface area contributed by atoms with Crippen molar-refractivity contribution in [1.29, 1.82) is 0 Å². The number of benzene rings is 2. The Hall–Kier alpha value is -3.09. The lowest BCUT2D eigenvalue weighted by molar-refractivity contribution is -0.133. The summed E-state index contributed by atoms with van der Waals surface area (Å²) in [5.41, 5.74) is 0.713. The number of hydrogen-bond acceptors (Lipinski definition) is 4. The topological polar surface area (TPSA) is 67.9 Å². The highest BCUT2D eigenvalue weighted by atomic mass is 19.1. The van der Waals surface area contributed by atoms with Gasteiger partial charge in [-0.3, -0.25) is 9.59 Å². The van der Waals surface area contributed by atoms with Crippen LogP contribution in [0.2, 0.25) is 0 Å². The van der Waals surface area contributed by atoms with E-state index in [4.69, 9.17) is 9.47 Å². The first kappa shape index (κ1) is 23.1. The van der Waals surface area contributed by atoms with Crippen LogP contribution in [-0.4, -0.2) is 48.6 Å². The number of hydrogen-bond donors (Lipinski definition) is 1. The molecule has 0 aromatic heterocycles. The zero-order valence-electron chi connectivity index (χ0n) is 19.0. The Labute approximate surface area is 194 Å². The second-order valence-electron chi connectivity index (χ2n) is 8.98. The lowest BCUT2D eigenvalue weighted by atomic mass is 9.84. The van der Waals surface area contributed by atoms with Crippen LogP contribution in [-0.2, 0) is 16.0 Å². The van der Waals surface area contributed by atoms with Gasteiger partial charge in [0.25, 0.3) is 0 Å². The van der Waals surface area contributed by atoms with E-state index in [-0.39, 0.29) is 29.5 Å². The number of carbonyl (C=O) groups is 2. The standard InChI is InChI=1S/C26H31FN2O4/c1-32-20-8-6-19(7-9-20)18-26(14-10-24(30)28-26)15-11-25(31)29-16-12-21(13-17-29)33-23-5-3-2-4-22(23)27/h2-9,21H,10-18H2,1H3,(H,28,30). The van der Waals surface area contributed by atoms with Gasteiger partial charge < -0.3 is 19.7 Å². The van der Waals surface area contributed by atoms with Gasteiger partial charge in [0.2, 0.25) is 11.8 Å². The second-order valence-corrected chi connectivity index (χ2v) is 8.98. The molecular weight excluding hydrogens is 423 g/mol. The monoisotopic (exact) mass is 454 g/mol. The number of halogens is 1. The van der Waals surface area contributed by atoms with Crippen LogP contribution >= 0.6 is 0 Å². The van der Waals surface area contributed by atoms with E-state index >= 15 is 0 Å². The molecule has 0 bridgehead atoms. The smallest absolute Gasteiger partial charge is 0.222 e. The number of carbonyl (C=O) groups excluding carboxylic acids is 2. The average molecular weight is 455 g/mol. The van der Waals surface area contributed by atoms with Crippen molar-refractivity contribution in [3.05, 3.63) is 59.9 Å². The molecule has 0 saturated carbocycles. The lowest BCUT2D eigenvalue weighted by Crippen LogP contribution is -2.46. The predicted octanol–water partition coefficient (Wildman–Crippen LogP) is 3.88. The molecule has 1 N–H and O–H groups in total. The van der Waals surface area contributed by atoms with Gasteiger partial charge in [-0.25, -0.2) is 4.39 Å². The number of methoxy groups -OCH3 is 1. The van der Waals surface area contributed by atoms with Crippen molar-refractivity contribution in [2.24, 2.45) is 0 Å². The van der Waals surface area contributed by atoms with Crippen LogP contribution in [0.5, 0.6) is 11.5 Å². The average Bonchev–Trinajstić information content (AvgIpc) is 3.20. The third-order valence-electron chi connectivity index (χ3n) is 6.68. The summed E-state index contributed by atoms with van der Waals surface area (Å²) in [7, 11) is 1.63. The van der Waals surface area contributed by atoms with Crippen LogP contribution < -0.4 is 14.8 Å². The van der Waals surface area contributed by atoms with Gasteiger partial charge in [-0.05, 0) is 49.1 Å². The Bertz CT molecular complexity index is 973. The highest BCUT2D eigenvalue weighted by molar-refractivity contribution is 5.80. The number of rotatable bonds is 8. The first-order chi connectivity index (χ1) is 16.0. The second kappa shape index (κ2) is 10.2. The molecule has 4 rings (SSSR count). The number of nitrogens with zero attached hydrogens (tertiary/aromatic N) is 1. The van der Waals surface area contributed by atoms with Crippen LogP contribution in [0.4, 0.5) is 4.39 Å². The molecule has 176 valence electrons. The summed E-state index contributed by atoms with van der Waals surface area (Å²) in [5.74, 6) is 0.828. The highest BCUT2D eigenvalue weighted by Gasteiger charge is 2.38. The van der Waals surface area contributed by atoms with Gasteiger partial charge in [0.05, 0.1) is 7.11 Å². The Morgan fingerprint density at radius 1 is 1.15 bits per heavy atom. The fourth-order valence-electron chi connectivity index (χ4n) is 4.76. The SMILES string of the molecule is COc1ccc(CC2(CCC(=O)N3CCC(Oc4ccccc4F)CC3)CCC(=O)N2)cc1. The van der Waals surface area contributed by atoms with Crippen molar-refractivity contribution in [2.75, 3.05) is 20.2 Å². The molecule has 2 fully saturated rings. The van der Waals surface area contributed by atoms with Gasteiger partial charge in [0.1, 0.15) is 11.9 Å². The molecule has 2 aliphatic heterocycles. The number of piperidine rings is 1. The van der Waals surface area contributed by atoms with Crippen LogP contribution in [0.1, 0.15) is 44.1 Å². The van der Waals surface area contributed by atoms with Crippen molar-refractivity contribution in [2.45, 2.75) is 56.6 Å². The van der Waals surface area contributed by atoms with E-state index in [1.165, 1.54) is 6.07 Å². The van der Waals surface area contributed by atoms with E-state index in [2.05, 4.69) is 5.32 Å². The maximum Gasteiger partial charge on any atom is 0.222 e. The van der Waals surface area contributed by atoms with Crippen molar-refractivity contribution < 1.29 is 23.5 Å². The first-order valence-corrected chi connectivity index (χ1v) is 11.6. The number of para-hydroxylation sites is 1. The normalized spacial score (nSPS) is 21.0. The molecule has 0 spiro atoms. The molecule has 7 heteroatoms. The molecule has 33 heavy (non-hydrogen) atoms. The molecule has 2 heterocycles. The summed E-state index contributed by atoms with van der Waals surface area (Å²) in [6.07, 6.45) is 4.15. The fraction of sp³-hybridized carbons (Fsp3) is 0.462. The molecule has 2 amide bonds. The van der Waals surface area contributed by atoms with E-state index in [1.807, 2.05) is 29.2 Å². The molecule has 0 aliphatic carbocycles. The molecule has 2 aromatic rings. The molecule has 2 aliphatic rings. The largest absolute Gasteiger partial charge is 0.497 e. The fourth-order valence-corrected chi connectivity index (χ4v) is 4.76. The minimum atomic E-state index is -0.395. The zero-order chi connectivity index (χ0) is 23.3. The zero-order valence-corrected chi connectivity index (χ0v) is 19.0. The maximum atomic E-state index is 13.8. The van der Waals surface area contributed by atoms with Crippen LogP contribution in [0.3, 0.4) is 0 Å². The summed E-state index contributed by atoms with van der Waals surface area (Å²) >= 11 is 0. The molecule has 6 nitrogen and oxygen atoms in total. The van der Waals surface area contributed by atoms with Crippen molar-refractivity contribution in [1.82, 2.24) is 10.2 Å². The summed E-state index contributed by atoms with van der Waals surface area (Å²) in [5, 5.41) is 3.15. The van der Waals surface area contributed by atoms with Crippen molar-refractivity contribution in [3.63, 3.8) is 0 Å². The Kier molecular flexibility index (Phi) is 7.16. The van der Waals surface area contributed by atoms with E-state index in [0.29, 0.717) is 51.6 Å². The van der Waals surface area contributed by atoms with Gasteiger partial charge in [-0.2, -0.15) is 0 Å². The molecule has 1 atom stereocenters.